The van der Waals surface area contributed by atoms with Crippen molar-refractivity contribution < 1.29 is 13.2 Å². The highest BCUT2D eigenvalue weighted by atomic mass is 35.5. The molecule has 0 fully saturated rings. The van der Waals surface area contributed by atoms with Gasteiger partial charge in [-0.3, -0.25) is 4.79 Å². The quantitative estimate of drug-likeness (QED) is 0.791. The van der Waals surface area contributed by atoms with E-state index in [0.717, 1.165) is 4.31 Å². The zero-order chi connectivity index (χ0) is 15.5. The fourth-order valence-corrected chi connectivity index (χ4v) is 3.00. The molecule has 0 aliphatic rings. The van der Waals surface area contributed by atoms with Crippen LogP contribution in [0.4, 0.5) is 5.69 Å². The van der Waals surface area contributed by atoms with Crippen LogP contribution in [0.5, 0.6) is 0 Å². The Morgan fingerprint density at radius 2 is 2.05 bits per heavy atom. The molecular formula is C12H18ClN3O3S. The van der Waals surface area contributed by atoms with Crippen molar-refractivity contribution in [2.45, 2.75) is 18.2 Å². The molecule has 8 heteroatoms. The van der Waals surface area contributed by atoms with E-state index in [1.807, 2.05) is 0 Å². The van der Waals surface area contributed by atoms with Gasteiger partial charge >= 0.3 is 0 Å². The van der Waals surface area contributed by atoms with Crippen LogP contribution in [0.3, 0.4) is 0 Å². The summed E-state index contributed by atoms with van der Waals surface area (Å²) >= 11 is 5.91. The van der Waals surface area contributed by atoms with Crippen LogP contribution in [0.15, 0.2) is 17.0 Å². The van der Waals surface area contributed by atoms with E-state index < -0.39 is 10.0 Å². The second kappa shape index (κ2) is 6.43. The number of hydrogen-bond acceptors (Lipinski definition) is 4. The summed E-state index contributed by atoms with van der Waals surface area (Å²) in [5, 5.41) is 2.78. The Balaban J connectivity index is 3.01. The van der Waals surface area contributed by atoms with Gasteiger partial charge in [-0.15, -0.1) is 0 Å². The summed E-state index contributed by atoms with van der Waals surface area (Å²) < 4.78 is 25.8. The standard InChI is InChI=1S/C12H18ClN3O3S/c1-8-6-9(7-10(14)12(8)13)20(18,19)16(3)5-4-11(17)15-2/h6-7H,4-5,14H2,1-3H3,(H,15,17). The number of sulfonamides is 1. The molecule has 1 amide bonds. The molecule has 0 bridgehead atoms. The number of amides is 1. The van der Waals surface area contributed by atoms with Crippen LogP contribution < -0.4 is 11.1 Å². The average Bonchev–Trinajstić information content (AvgIpc) is 2.40. The lowest BCUT2D eigenvalue weighted by atomic mass is 10.2. The van der Waals surface area contributed by atoms with Crippen LogP contribution in [-0.2, 0) is 14.8 Å². The zero-order valence-corrected chi connectivity index (χ0v) is 13.2. The van der Waals surface area contributed by atoms with Gasteiger partial charge < -0.3 is 11.1 Å². The van der Waals surface area contributed by atoms with Gasteiger partial charge in [-0.05, 0) is 24.6 Å². The number of benzene rings is 1. The number of aryl methyl sites for hydroxylation is 1. The largest absolute Gasteiger partial charge is 0.397 e. The summed E-state index contributed by atoms with van der Waals surface area (Å²) in [5.41, 5.74) is 6.48. The Labute approximate surface area is 123 Å². The molecule has 0 heterocycles. The molecular weight excluding hydrogens is 302 g/mol. The molecule has 1 aromatic carbocycles. The van der Waals surface area contributed by atoms with E-state index in [1.54, 1.807) is 6.92 Å². The smallest absolute Gasteiger partial charge is 0.242 e. The van der Waals surface area contributed by atoms with Gasteiger partial charge in [0.1, 0.15) is 0 Å². The van der Waals surface area contributed by atoms with Crippen LogP contribution in [0.2, 0.25) is 5.02 Å². The maximum atomic E-state index is 12.3. The summed E-state index contributed by atoms with van der Waals surface area (Å²) in [7, 11) is -0.775. The zero-order valence-electron chi connectivity index (χ0n) is 11.6. The van der Waals surface area contributed by atoms with Gasteiger partial charge in [-0.1, -0.05) is 11.6 Å². The number of nitrogens with one attached hydrogen (secondary N) is 1. The third kappa shape index (κ3) is 3.62. The van der Waals surface area contributed by atoms with E-state index in [9.17, 15) is 13.2 Å². The first-order valence-electron chi connectivity index (χ1n) is 5.92. The minimum Gasteiger partial charge on any atom is -0.397 e. The summed E-state index contributed by atoms with van der Waals surface area (Å²) in [6.45, 7) is 1.77. The third-order valence-corrected chi connectivity index (χ3v) is 5.25. The molecule has 0 unspecified atom stereocenters. The SMILES string of the molecule is CNC(=O)CCN(C)S(=O)(=O)c1cc(C)c(Cl)c(N)c1. The van der Waals surface area contributed by atoms with Crippen LogP contribution >= 0.6 is 11.6 Å². The lowest BCUT2D eigenvalue weighted by Crippen LogP contribution is -2.31. The number of carbonyl (C=O) groups excluding carboxylic acids is 1. The van der Waals surface area contributed by atoms with E-state index in [4.69, 9.17) is 17.3 Å². The molecule has 0 atom stereocenters. The van der Waals surface area contributed by atoms with Gasteiger partial charge in [-0.2, -0.15) is 0 Å². The maximum Gasteiger partial charge on any atom is 0.242 e. The number of halogens is 1. The van der Waals surface area contributed by atoms with Crippen LogP contribution in [0.25, 0.3) is 0 Å². The Bertz CT molecular complexity index is 593. The molecule has 0 radical (unpaired) electrons. The van der Waals surface area contributed by atoms with E-state index in [1.165, 1.54) is 26.2 Å². The van der Waals surface area contributed by atoms with Crippen molar-refractivity contribution in [2.75, 3.05) is 26.4 Å². The second-order valence-corrected chi connectivity index (χ2v) is 6.82. The van der Waals surface area contributed by atoms with Crippen LogP contribution in [-0.4, -0.2) is 39.3 Å². The number of rotatable bonds is 5. The van der Waals surface area contributed by atoms with E-state index in [-0.39, 0.29) is 29.5 Å². The molecule has 0 saturated heterocycles. The predicted octanol–water partition coefficient (Wildman–Crippen LogP) is 0.987. The van der Waals surface area contributed by atoms with Crippen molar-refractivity contribution in [3.8, 4) is 0 Å². The number of nitrogen functional groups attached to an aromatic ring is 1. The average molecular weight is 320 g/mol. The van der Waals surface area contributed by atoms with Gasteiger partial charge in [0.05, 0.1) is 15.6 Å². The van der Waals surface area contributed by atoms with Crippen molar-refractivity contribution >= 4 is 33.2 Å². The fourth-order valence-electron chi connectivity index (χ4n) is 1.60. The van der Waals surface area contributed by atoms with Crippen molar-refractivity contribution in [2.24, 2.45) is 0 Å². The van der Waals surface area contributed by atoms with Gasteiger partial charge in [0.25, 0.3) is 0 Å². The van der Waals surface area contributed by atoms with E-state index >= 15 is 0 Å². The van der Waals surface area contributed by atoms with E-state index in [0.29, 0.717) is 10.6 Å². The fraction of sp³-hybridized carbons (Fsp3) is 0.417. The molecule has 0 saturated carbocycles. The highest BCUT2D eigenvalue weighted by Gasteiger charge is 2.22. The molecule has 6 nitrogen and oxygen atoms in total. The molecule has 1 aromatic rings. The van der Waals surface area contributed by atoms with Crippen LogP contribution in [0, 0.1) is 6.92 Å². The molecule has 3 N–H and O–H groups in total. The maximum absolute atomic E-state index is 12.3. The number of nitrogens with zero attached hydrogens (tertiary/aromatic N) is 1. The minimum atomic E-state index is -3.69. The second-order valence-electron chi connectivity index (χ2n) is 4.39. The molecule has 0 spiro atoms. The normalized spacial score (nSPS) is 11.7. The van der Waals surface area contributed by atoms with Gasteiger partial charge in [0, 0.05) is 27.1 Å². The molecule has 0 aromatic heterocycles. The molecule has 0 aliphatic carbocycles. The Morgan fingerprint density at radius 1 is 1.45 bits per heavy atom. The Morgan fingerprint density at radius 3 is 2.55 bits per heavy atom. The first-order chi connectivity index (χ1) is 9.20. The predicted molar refractivity (Wildman–Crippen MR) is 79.1 cm³/mol. The van der Waals surface area contributed by atoms with Gasteiger partial charge in [0.15, 0.2) is 0 Å². The summed E-state index contributed by atoms with van der Waals surface area (Å²) in [6, 6.07) is 2.78. The Kier molecular flexibility index (Phi) is 5.38. The summed E-state index contributed by atoms with van der Waals surface area (Å²) in [5.74, 6) is -0.223. The van der Waals surface area contributed by atoms with E-state index in [2.05, 4.69) is 5.32 Å². The first kappa shape index (κ1) is 16.7. The molecule has 0 aliphatic heterocycles. The monoisotopic (exact) mass is 319 g/mol. The van der Waals surface area contributed by atoms with Crippen molar-refractivity contribution in [3.05, 3.63) is 22.7 Å². The summed E-state index contributed by atoms with van der Waals surface area (Å²) in [6.07, 6.45) is 0.0916. The topological polar surface area (TPSA) is 92.5 Å². The molecule has 112 valence electrons. The number of hydrogen-bond donors (Lipinski definition) is 2. The lowest BCUT2D eigenvalue weighted by molar-refractivity contribution is -0.120. The Hall–Kier alpha value is -1.31. The van der Waals surface area contributed by atoms with Crippen molar-refractivity contribution in [1.29, 1.82) is 0 Å². The number of nitrogens with two attached hydrogens (primary N) is 1. The molecule has 20 heavy (non-hydrogen) atoms. The molecule has 1 rings (SSSR count). The lowest BCUT2D eigenvalue weighted by Gasteiger charge is -2.18. The first-order valence-corrected chi connectivity index (χ1v) is 7.74. The number of carbonyl (C=O) groups is 1. The third-order valence-electron chi connectivity index (χ3n) is 2.90. The van der Waals surface area contributed by atoms with Gasteiger partial charge in [-0.25, -0.2) is 12.7 Å². The minimum absolute atomic E-state index is 0.0660. The number of anilines is 1. The van der Waals surface area contributed by atoms with Gasteiger partial charge in [0.2, 0.25) is 15.9 Å². The highest BCUT2D eigenvalue weighted by Crippen LogP contribution is 2.28. The highest BCUT2D eigenvalue weighted by molar-refractivity contribution is 7.89. The van der Waals surface area contributed by atoms with Crippen molar-refractivity contribution in [1.82, 2.24) is 9.62 Å². The summed E-state index contributed by atoms with van der Waals surface area (Å²) in [4.78, 5) is 11.2. The van der Waals surface area contributed by atoms with Crippen molar-refractivity contribution in [3.63, 3.8) is 0 Å². The van der Waals surface area contributed by atoms with Crippen LogP contribution in [0.1, 0.15) is 12.0 Å².